The highest BCUT2D eigenvalue weighted by atomic mass is 35.5. The first-order valence-electron chi connectivity index (χ1n) is 6.08. The zero-order valence-corrected chi connectivity index (χ0v) is 12.2. The number of guanidine groups is 1. The molecule has 0 aliphatic heterocycles. The van der Waals surface area contributed by atoms with Crippen LogP contribution < -0.4 is 10.1 Å². The minimum Gasteiger partial charge on any atom is -0.492 e. The lowest BCUT2D eigenvalue weighted by Gasteiger charge is -2.21. The Kier molecular flexibility index (Phi) is 6.82. The van der Waals surface area contributed by atoms with Crippen LogP contribution in [0.3, 0.4) is 0 Å². The third kappa shape index (κ3) is 5.66. The quantitative estimate of drug-likeness (QED) is 0.494. The maximum absolute atomic E-state index is 5.81. The number of ether oxygens (including phenoxy) is 1. The Hall–Kier alpha value is -1.68. The molecule has 0 heterocycles. The summed E-state index contributed by atoms with van der Waals surface area (Å²) in [5, 5.41) is 3.87. The van der Waals surface area contributed by atoms with Gasteiger partial charge in [0.1, 0.15) is 12.4 Å². The summed E-state index contributed by atoms with van der Waals surface area (Å²) in [4.78, 5) is 6.17. The van der Waals surface area contributed by atoms with Gasteiger partial charge in [0.25, 0.3) is 0 Å². The second-order valence-electron chi connectivity index (χ2n) is 3.94. The number of hydrogen-bond donors (Lipinski definition) is 1. The summed E-state index contributed by atoms with van der Waals surface area (Å²) in [5.74, 6) is 1.63. The van der Waals surface area contributed by atoms with Crippen LogP contribution in [0.15, 0.2) is 41.9 Å². The first-order valence-corrected chi connectivity index (χ1v) is 6.46. The molecule has 0 aliphatic carbocycles. The van der Waals surface area contributed by atoms with Gasteiger partial charge in [-0.2, -0.15) is 0 Å². The summed E-state index contributed by atoms with van der Waals surface area (Å²) >= 11 is 5.81. The number of likely N-dealkylation sites (N-methyl/N-ethyl adjacent to an activating group) is 1. The molecule has 0 radical (unpaired) electrons. The number of hydrogen-bond acceptors (Lipinski definition) is 2. The van der Waals surface area contributed by atoms with Crippen molar-refractivity contribution in [3.05, 3.63) is 41.9 Å². The largest absolute Gasteiger partial charge is 0.492 e. The number of nitrogens with one attached hydrogen (secondary N) is 1. The maximum Gasteiger partial charge on any atom is 0.193 e. The Labute approximate surface area is 119 Å². The SMILES string of the molecule is C=CCNC(=NC)N(C)CCOc1ccc(Cl)cc1. The fourth-order valence-corrected chi connectivity index (χ4v) is 1.61. The average molecular weight is 282 g/mol. The van der Waals surface area contributed by atoms with Gasteiger partial charge in [0.15, 0.2) is 5.96 Å². The molecule has 0 bridgehead atoms. The van der Waals surface area contributed by atoms with Crippen molar-refractivity contribution in [2.24, 2.45) is 4.99 Å². The molecule has 0 spiro atoms. The van der Waals surface area contributed by atoms with Gasteiger partial charge in [-0.1, -0.05) is 17.7 Å². The molecule has 1 aromatic carbocycles. The van der Waals surface area contributed by atoms with Crippen molar-refractivity contribution < 1.29 is 4.74 Å². The van der Waals surface area contributed by atoms with Gasteiger partial charge < -0.3 is 15.0 Å². The van der Waals surface area contributed by atoms with Crippen molar-refractivity contribution in [1.29, 1.82) is 0 Å². The zero-order valence-electron chi connectivity index (χ0n) is 11.4. The Morgan fingerprint density at radius 2 is 2.16 bits per heavy atom. The van der Waals surface area contributed by atoms with Crippen LogP contribution in [0, 0.1) is 0 Å². The van der Waals surface area contributed by atoms with E-state index in [1.165, 1.54) is 0 Å². The highest BCUT2D eigenvalue weighted by Gasteiger charge is 2.04. The third-order valence-electron chi connectivity index (χ3n) is 2.49. The van der Waals surface area contributed by atoms with Crippen LogP contribution >= 0.6 is 11.6 Å². The van der Waals surface area contributed by atoms with Gasteiger partial charge in [0.05, 0.1) is 6.54 Å². The predicted octanol–water partition coefficient (Wildman–Crippen LogP) is 2.41. The van der Waals surface area contributed by atoms with E-state index in [0.29, 0.717) is 18.2 Å². The number of nitrogens with zero attached hydrogens (tertiary/aromatic N) is 2. The summed E-state index contributed by atoms with van der Waals surface area (Å²) < 4.78 is 5.63. The van der Waals surface area contributed by atoms with E-state index < -0.39 is 0 Å². The van der Waals surface area contributed by atoms with Crippen molar-refractivity contribution in [2.45, 2.75) is 0 Å². The van der Waals surface area contributed by atoms with Gasteiger partial charge >= 0.3 is 0 Å². The van der Waals surface area contributed by atoms with Crippen molar-refractivity contribution in [3.63, 3.8) is 0 Å². The van der Waals surface area contributed by atoms with E-state index in [4.69, 9.17) is 16.3 Å². The van der Waals surface area contributed by atoms with E-state index >= 15 is 0 Å². The van der Waals surface area contributed by atoms with Crippen LogP contribution in [-0.4, -0.2) is 44.7 Å². The normalized spacial score (nSPS) is 11.0. The second-order valence-corrected chi connectivity index (χ2v) is 4.38. The summed E-state index contributed by atoms with van der Waals surface area (Å²) in [6, 6.07) is 7.33. The van der Waals surface area contributed by atoms with Crippen LogP contribution in [0.5, 0.6) is 5.75 Å². The number of benzene rings is 1. The molecule has 19 heavy (non-hydrogen) atoms. The van der Waals surface area contributed by atoms with E-state index in [9.17, 15) is 0 Å². The van der Waals surface area contributed by atoms with Gasteiger partial charge in [-0.3, -0.25) is 4.99 Å². The number of halogens is 1. The van der Waals surface area contributed by atoms with Gasteiger partial charge in [-0.25, -0.2) is 0 Å². The molecule has 0 aromatic heterocycles. The first-order chi connectivity index (χ1) is 9.17. The molecule has 4 nitrogen and oxygen atoms in total. The lowest BCUT2D eigenvalue weighted by Crippen LogP contribution is -2.40. The van der Waals surface area contributed by atoms with Crippen molar-refractivity contribution in [3.8, 4) is 5.75 Å². The minimum absolute atomic E-state index is 0.576. The minimum atomic E-state index is 0.576. The lowest BCUT2D eigenvalue weighted by atomic mass is 10.3. The summed E-state index contributed by atoms with van der Waals surface area (Å²) in [5.41, 5.74) is 0. The molecule has 1 N–H and O–H groups in total. The van der Waals surface area contributed by atoms with Gasteiger partial charge in [-0.05, 0) is 24.3 Å². The molecule has 0 saturated carbocycles. The summed E-state index contributed by atoms with van der Waals surface area (Å²) in [7, 11) is 3.71. The highest BCUT2D eigenvalue weighted by Crippen LogP contribution is 2.15. The van der Waals surface area contributed by atoms with Crippen LogP contribution in [-0.2, 0) is 0 Å². The topological polar surface area (TPSA) is 36.9 Å². The molecule has 0 fully saturated rings. The molecule has 0 saturated heterocycles. The summed E-state index contributed by atoms with van der Waals surface area (Å²) in [6.07, 6.45) is 1.79. The van der Waals surface area contributed by atoms with Gasteiger partial charge in [0.2, 0.25) is 0 Å². The monoisotopic (exact) mass is 281 g/mol. The molecule has 104 valence electrons. The summed E-state index contributed by atoms with van der Waals surface area (Å²) in [6.45, 7) is 5.67. The van der Waals surface area contributed by atoms with E-state index in [2.05, 4.69) is 16.9 Å². The van der Waals surface area contributed by atoms with Crippen molar-refractivity contribution >= 4 is 17.6 Å². The second kappa shape index (κ2) is 8.43. The van der Waals surface area contributed by atoms with Crippen molar-refractivity contribution in [1.82, 2.24) is 10.2 Å². The van der Waals surface area contributed by atoms with E-state index in [0.717, 1.165) is 18.3 Å². The standard InChI is InChI=1S/C14H20ClN3O/c1-4-9-17-14(16-2)18(3)10-11-19-13-7-5-12(15)6-8-13/h4-8H,1,9-11H2,2-3H3,(H,16,17). The molecule has 1 aromatic rings. The number of rotatable bonds is 6. The van der Waals surface area contributed by atoms with Crippen LogP contribution in [0.25, 0.3) is 0 Å². The molecule has 0 atom stereocenters. The highest BCUT2D eigenvalue weighted by molar-refractivity contribution is 6.30. The number of aliphatic imine (C=N–C) groups is 1. The molecule has 0 aliphatic rings. The third-order valence-corrected chi connectivity index (χ3v) is 2.74. The maximum atomic E-state index is 5.81. The average Bonchev–Trinajstić information content (AvgIpc) is 2.42. The Morgan fingerprint density at radius 1 is 1.47 bits per heavy atom. The molecule has 0 unspecified atom stereocenters. The predicted molar refractivity (Wildman–Crippen MR) is 81.1 cm³/mol. The molecule has 1 rings (SSSR count). The lowest BCUT2D eigenvalue weighted by molar-refractivity contribution is 0.281. The van der Waals surface area contributed by atoms with Gasteiger partial charge in [-0.15, -0.1) is 6.58 Å². The smallest absolute Gasteiger partial charge is 0.193 e. The molecular weight excluding hydrogens is 262 g/mol. The Morgan fingerprint density at radius 3 is 2.74 bits per heavy atom. The molecular formula is C14H20ClN3O. The van der Waals surface area contributed by atoms with E-state index in [1.807, 2.05) is 36.2 Å². The van der Waals surface area contributed by atoms with Crippen LogP contribution in [0.1, 0.15) is 0 Å². The van der Waals surface area contributed by atoms with Crippen LogP contribution in [0.4, 0.5) is 0 Å². The Bertz CT molecular complexity index is 417. The van der Waals surface area contributed by atoms with E-state index in [1.54, 1.807) is 13.1 Å². The van der Waals surface area contributed by atoms with E-state index in [-0.39, 0.29) is 0 Å². The Balaban J connectivity index is 2.35. The first kappa shape index (κ1) is 15.4. The van der Waals surface area contributed by atoms with Gasteiger partial charge in [0, 0.05) is 25.7 Å². The van der Waals surface area contributed by atoms with Crippen molar-refractivity contribution in [2.75, 3.05) is 33.8 Å². The molecule has 0 amide bonds. The fourth-order valence-electron chi connectivity index (χ4n) is 1.49. The fraction of sp³-hybridized carbons (Fsp3) is 0.357. The van der Waals surface area contributed by atoms with Crippen LogP contribution in [0.2, 0.25) is 5.02 Å². The molecule has 5 heteroatoms. The zero-order chi connectivity index (χ0) is 14.1.